The van der Waals surface area contributed by atoms with Crippen molar-refractivity contribution >= 4 is 16.9 Å². The summed E-state index contributed by atoms with van der Waals surface area (Å²) in [4.78, 5) is 14.6. The fraction of sp³-hybridized carbons (Fsp3) is 0.400. The van der Waals surface area contributed by atoms with Crippen molar-refractivity contribution in [3.05, 3.63) is 54.5 Å². The van der Waals surface area contributed by atoms with E-state index in [1.54, 1.807) is 6.20 Å². The standard InChI is InChI=1S/C20H25N5O/c1-16(14-24-10-4-8-22-24)13-21-20(26)23-9-5-11-25-18(15-23)12-17-6-2-3-7-19(17)25/h2-4,6-8,10,12,16H,5,9,11,13-15H2,1H3,(H,21,26). The van der Waals surface area contributed by atoms with Crippen molar-refractivity contribution < 1.29 is 4.79 Å². The Morgan fingerprint density at radius 2 is 2.15 bits per heavy atom. The average Bonchev–Trinajstić information content (AvgIpc) is 3.21. The number of aromatic nitrogens is 3. The third kappa shape index (κ3) is 3.45. The van der Waals surface area contributed by atoms with Crippen LogP contribution >= 0.6 is 0 Å². The van der Waals surface area contributed by atoms with E-state index in [9.17, 15) is 4.79 Å². The van der Waals surface area contributed by atoms with Crippen LogP contribution in [0.2, 0.25) is 0 Å². The third-order valence-electron chi connectivity index (χ3n) is 5.01. The van der Waals surface area contributed by atoms with Crippen LogP contribution in [0.4, 0.5) is 4.79 Å². The normalized spacial score (nSPS) is 15.5. The minimum atomic E-state index is 0.0241. The quantitative estimate of drug-likeness (QED) is 0.785. The number of nitrogens with one attached hydrogen (secondary N) is 1. The van der Waals surface area contributed by atoms with Crippen LogP contribution in [0.15, 0.2) is 48.8 Å². The van der Waals surface area contributed by atoms with Gasteiger partial charge in [0, 0.05) is 49.8 Å². The number of urea groups is 1. The van der Waals surface area contributed by atoms with Crippen molar-refractivity contribution in [2.45, 2.75) is 33.0 Å². The molecule has 0 bridgehead atoms. The lowest BCUT2D eigenvalue weighted by Gasteiger charge is -2.22. The van der Waals surface area contributed by atoms with Gasteiger partial charge in [-0.05, 0) is 35.9 Å². The molecule has 0 saturated heterocycles. The fourth-order valence-electron chi connectivity index (χ4n) is 3.70. The van der Waals surface area contributed by atoms with Crippen LogP contribution in [0, 0.1) is 5.92 Å². The van der Waals surface area contributed by atoms with E-state index < -0.39 is 0 Å². The second kappa shape index (κ2) is 7.23. The molecule has 2 aromatic heterocycles. The van der Waals surface area contributed by atoms with E-state index in [2.05, 4.69) is 52.2 Å². The molecule has 1 N–H and O–H groups in total. The minimum absolute atomic E-state index is 0.0241. The highest BCUT2D eigenvalue weighted by Gasteiger charge is 2.20. The first-order chi connectivity index (χ1) is 12.7. The Morgan fingerprint density at radius 1 is 1.27 bits per heavy atom. The number of hydrogen-bond acceptors (Lipinski definition) is 2. The van der Waals surface area contributed by atoms with Gasteiger partial charge in [-0.2, -0.15) is 5.10 Å². The molecule has 1 aliphatic rings. The predicted octanol–water partition coefficient (Wildman–Crippen LogP) is 3.09. The van der Waals surface area contributed by atoms with Gasteiger partial charge in [0.2, 0.25) is 0 Å². The second-order valence-corrected chi connectivity index (χ2v) is 7.14. The summed E-state index contributed by atoms with van der Waals surface area (Å²) in [6.45, 7) is 5.99. The van der Waals surface area contributed by atoms with Gasteiger partial charge < -0.3 is 14.8 Å². The molecule has 0 radical (unpaired) electrons. The molecule has 0 aliphatic carbocycles. The number of amides is 2. The Hall–Kier alpha value is -2.76. The van der Waals surface area contributed by atoms with E-state index in [-0.39, 0.29) is 6.03 Å². The SMILES string of the molecule is CC(CNC(=O)N1CCCn2c(cc3ccccc32)C1)Cn1cccn1. The maximum Gasteiger partial charge on any atom is 0.317 e. The molecule has 136 valence electrons. The number of nitrogens with zero attached hydrogens (tertiary/aromatic N) is 4. The number of hydrogen-bond donors (Lipinski definition) is 1. The zero-order valence-corrected chi connectivity index (χ0v) is 15.1. The van der Waals surface area contributed by atoms with Crippen molar-refractivity contribution in [2.24, 2.45) is 5.92 Å². The maximum atomic E-state index is 12.7. The van der Waals surface area contributed by atoms with Gasteiger partial charge in [0.1, 0.15) is 0 Å². The summed E-state index contributed by atoms with van der Waals surface area (Å²) in [6.07, 6.45) is 4.70. The summed E-state index contributed by atoms with van der Waals surface area (Å²) < 4.78 is 4.25. The molecule has 0 fully saturated rings. The van der Waals surface area contributed by atoms with Gasteiger partial charge in [-0.1, -0.05) is 25.1 Å². The summed E-state index contributed by atoms with van der Waals surface area (Å²) in [5, 5.41) is 8.56. The highest BCUT2D eigenvalue weighted by molar-refractivity contribution is 5.81. The molecule has 3 heterocycles. The van der Waals surface area contributed by atoms with Gasteiger partial charge >= 0.3 is 6.03 Å². The molecule has 1 aliphatic heterocycles. The molecule has 1 atom stereocenters. The lowest BCUT2D eigenvalue weighted by molar-refractivity contribution is 0.193. The Kier molecular flexibility index (Phi) is 4.65. The average molecular weight is 351 g/mol. The van der Waals surface area contributed by atoms with Crippen molar-refractivity contribution in [1.29, 1.82) is 0 Å². The van der Waals surface area contributed by atoms with Gasteiger partial charge in [-0.3, -0.25) is 4.68 Å². The van der Waals surface area contributed by atoms with Crippen LogP contribution in [0.3, 0.4) is 0 Å². The largest absolute Gasteiger partial charge is 0.343 e. The van der Waals surface area contributed by atoms with E-state index in [1.807, 2.05) is 21.8 Å². The second-order valence-electron chi connectivity index (χ2n) is 7.14. The van der Waals surface area contributed by atoms with Gasteiger partial charge in [0.25, 0.3) is 0 Å². The smallest absolute Gasteiger partial charge is 0.317 e. The fourth-order valence-corrected chi connectivity index (χ4v) is 3.70. The molecule has 6 heteroatoms. The predicted molar refractivity (Wildman–Crippen MR) is 102 cm³/mol. The molecule has 2 amide bonds. The molecule has 3 aromatic rings. The number of fused-ring (bicyclic) bond motifs is 3. The lowest BCUT2D eigenvalue weighted by atomic mass is 10.2. The molecule has 1 aromatic carbocycles. The topological polar surface area (TPSA) is 55.1 Å². The molecule has 0 saturated carbocycles. The summed E-state index contributed by atoms with van der Waals surface area (Å²) in [5.74, 6) is 0.331. The highest BCUT2D eigenvalue weighted by Crippen LogP contribution is 2.23. The van der Waals surface area contributed by atoms with Crippen molar-refractivity contribution in [1.82, 2.24) is 24.6 Å². The van der Waals surface area contributed by atoms with Crippen LogP contribution in [0.1, 0.15) is 19.0 Å². The molecular weight excluding hydrogens is 326 g/mol. The van der Waals surface area contributed by atoms with Crippen LogP contribution in [0.25, 0.3) is 10.9 Å². The van der Waals surface area contributed by atoms with Crippen molar-refractivity contribution in [2.75, 3.05) is 13.1 Å². The lowest BCUT2D eigenvalue weighted by Crippen LogP contribution is -2.41. The number of carbonyl (C=O) groups excluding carboxylic acids is 1. The Balaban J connectivity index is 1.38. The van der Waals surface area contributed by atoms with E-state index in [4.69, 9.17) is 0 Å². The first kappa shape index (κ1) is 16.7. The molecule has 4 rings (SSSR count). The van der Waals surface area contributed by atoms with Crippen LogP contribution in [0.5, 0.6) is 0 Å². The Labute approximate surface area is 153 Å². The number of para-hydroxylation sites is 1. The number of carbonyl (C=O) groups is 1. The first-order valence-corrected chi connectivity index (χ1v) is 9.28. The summed E-state index contributed by atoms with van der Waals surface area (Å²) in [7, 11) is 0. The summed E-state index contributed by atoms with van der Waals surface area (Å²) in [6, 6.07) is 12.6. The number of benzene rings is 1. The molecular formula is C20H25N5O. The monoisotopic (exact) mass is 351 g/mol. The first-order valence-electron chi connectivity index (χ1n) is 9.28. The van der Waals surface area contributed by atoms with Gasteiger partial charge in [0.15, 0.2) is 0 Å². The van der Waals surface area contributed by atoms with E-state index >= 15 is 0 Å². The van der Waals surface area contributed by atoms with E-state index in [1.165, 1.54) is 16.6 Å². The zero-order chi connectivity index (χ0) is 17.9. The minimum Gasteiger partial charge on any atom is -0.343 e. The molecule has 26 heavy (non-hydrogen) atoms. The molecule has 6 nitrogen and oxygen atoms in total. The van der Waals surface area contributed by atoms with Crippen LogP contribution < -0.4 is 5.32 Å². The molecule has 0 spiro atoms. The van der Waals surface area contributed by atoms with Gasteiger partial charge in [-0.15, -0.1) is 0 Å². The van der Waals surface area contributed by atoms with Crippen LogP contribution in [-0.4, -0.2) is 38.4 Å². The number of rotatable bonds is 4. The summed E-state index contributed by atoms with van der Waals surface area (Å²) in [5.41, 5.74) is 2.47. The highest BCUT2D eigenvalue weighted by atomic mass is 16.2. The Morgan fingerprint density at radius 3 is 3.00 bits per heavy atom. The third-order valence-corrected chi connectivity index (χ3v) is 5.01. The van der Waals surface area contributed by atoms with Crippen molar-refractivity contribution in [3.63, 3.8) is 0 Å². The van der Waals surface area contributed by atoms with E-state index in [0.29, 0.717) is 19.0 Å². The van der Waals surface area contributed by atoms with Gasteiger partial charge in [0.05, 0.1) is 6.54 Å². The number of aryl methyl sites for hydroxylation is 1. The molecule has 1 unspecified atom stereocenters. The van der Waals surface area contributed by atoms with Crippen LogP contribution in [-0.2, 0) is 19.6 Å². The zero-order valence-electron chi connectivity index (χ0n) is 15.1. The Bertz CT molecular complexity index is 883. The van der Waals surface area contributed by atoms with Crippen molar-refractivity contribution in [3.8, 4) is 0 Å². The van der Waals surface area contributed by atoms with Gasteiger partial charge in [-0.25, -0.2) is 4.79 Å². The van der Waals surface area contributed by atoms with E-state index in [0.717, 1.165) is 26.1 Å². The maximum absolute atomic E-state index is 12.7. The summed E-state index contributed by atoms with van der Waals surface area (Å²) >= 11 is 0.